The number of thiazole rings is 1. The molecule has 9 nitrogen and oxygen atoms in total. The maximum absolute atomic E-state index is 14.1. The van der Waals surface area contributed by atoms with E-state index >= 15 is 0 Å². The lowest BCUT2D eigenvalue weighted by molar-refractivity contribution is -0.140. The Bertz CT molecular complexity index is 1590. The minimum absolute atomic E-state index is 0.00909. The van der Waals surface area contributed by atoms with E-state index in [0.717, 1.165) is 43.2 Å². The zero-order valence-corrected chi connectivity index (χ0v) is 25.8. The van der Waals surface area contributed by atoms with Gasteiger partial charge in [0.05, 0.1) is 42.0 Å². The maximum Gasteiger partial charge on any atom is 0.265 e. The molecule has 2 atom stereocenters. The third-order valence-electron chi connectivity index (χ3n) is 9.41. The van der Waals surface area contributed by atoms with Gasteiger partial charge in [0.25, 0.3) is 17.7 Å². The molecule has 1 saturated carbocycles. The fourth-order valence-corrected chi connectivity index (χ4v) is 8.01. The Balaban J connectivity index is 1.22. The van der Waals surface area contributed by atoms with Gasteiger partial charge in [-0.1, -0.05) is 43.0 Å². The molecule has 4 aliphatic rings. The van der Waals surface area contributed by atoms with Crippen LogP contribution in [0.15, 0.2) is 48.1 Å². The summed E-state index contributed by atoms with van der Waals surface area (Å²) in [6.07, 6.45) is 7.35. The highest BCUT2D eigenvalue weighted by Gasteiger charge is 2.43. The third-order valence-corrected chi connectivity index (χ3v) is 10.5. The Morgan fingerprint density at radius 1 is 0.977 bits per heavy atom. The van der Waals surface area contributed by atoms with Crippen LogP contribution in [0.4, 0.5) is 0 Å². The molecule has 2 aromatic carbocycles. The van der Waals surface area contributed by atoms with Crippen LogP contribution >= 0.6 is 22.9 Å². The number of nitrogens with zero attached hydrogens (tertiary/aromatic N) is 4. The molecule has 3 aliphatic heterocycles. The molecule has 1 saturated heterocycles. The number of likely N-dealkylation sites (tertiary alicyclic amines) is 1. The summed E-state index contributed by atoms with van der Waals surface area (Å²) < 4.78 is 6.62. The van der Waals surface area contributed by atoms with Crippen molar-refractivity contribution in [1.82, 2.24) is 19.7 Å². The van der Waals surface area contributed by atoms with Gasteiger partial charge in [-0.3, -0.25) is 29.1 Å². The summed E-state index contributed by atoms with van der Waals surface area (Å²) >= 11 is 8.09. The van der Waals surface area contributed by atoms with Crippen LogP contribution in [0.5, 0.6) is 5.75 Å². The molecular formula is C33H33ClN4O5S. The molecule has 0 bridgehead atoms. The molecule has 228 valence electrons. The molecule has 2 fully saturated rings. The summed E-state index contributed by atoms with van der Waals surface area (Å²) in [5.74, 6) is -0.237. The number of aromatic nitrogens is 1. The lowest BCUT2D eigenvalue weighted by Crippen LogP contribution is -2.48. The van der Waals surface area contributed by atoms with Gasteiger partial charge in [-0.25, -0.2) is 0 Å². The molecule has 0 N–H and O–H groups in total. The van der Waals surface area contributed by atoms with Crippen LogP contribution < -0.4 is 4.74 Å². The van der Waals surface area contributed by atoms with Crippen molar-refractivity contribution in [3.05, 3.63) is 80.3 Å². The molecule has 11 heteroatoms. The average molecular weight is 633 g/mol. The van der Waals surface area contributed by atoms with Gasteiger partial charge in [0.1, 0.15) is 16.7 Å². The van der Waals surface area contributed by atoms with E-state index in [1.54, 1.807) is 40.9 Å². The van der Waals surface area contributed by atoms with E-state index in [1.165, 1.54) is 16.2 Å². The zero-order chi connectivity index (χ0) is 30.4. The SMILES string of the molecule is O=C(c1cncs1)N1CC[C@H](Oc2ccc(Cl)c3c2[C@@H](CN2C(=O)c4ccccc4C2=O)N(C(=O)C2CCCCC2)CC3)C1. The van der Waals surface area contributed by atoms with Crippen molar-refractivity contribution in [2.45, 2.75) is 57.1 Å². The summed E-state index contributed by atoms with van der Waals surface area (Å²) in [5.41, 5.74) is 4.01. The first kappa shape index (κ1) is 29.0. The minimum Gasteiger partial charge on any atom is -0.488 e. The van der Waals surface area contributed by atoms with E-state index in [4.69, 9.17) is 16.3 Å². The van der Waals surface area contributed by atoms with E-state index < -0.39 is 6.04 Å². The number of fused-ring (bicyclic) bond motifs is 2. The number of carbonyl (C=O) groups excluding carboxylic acids is 4. The van der Waals surface area contributed by atoms with Crippen molar-refractivity contribution in [2.24, 2.45) is 5.92 Å². The molecule has 0 spiro atoms. The number of hydrogen-bond donors (Lipinski definition) is 0. The van der Waals surface area contributed by atoms with Crippen LogP contribution in [-0.4, -0.2) is 75.6 Å². The zero-order valence-electron chi connectivity index (χ0n) is 24.2. The number of hydrogen-bond acceptors (Lipinski definition) is 7. The molecule has 7 rings (SSSR count). The Kier molecular flexibility index (Phi) is 7.88. The van der Waals surface area contributed by atoms with Gasteiger partial charge in [0.2, 0.25) is 5.91 Å². The Morgan fingerprint density at radius 2 is 1.73 bits per heavy atom. The van der Waals surface area contributed by atoms with Gasteiger partial charge in [-0.15, -0.1) is 11.3 Å². The predicted molar refractivity (Wildman–Crippen MR) is 165 cm³/mol. The number of carbonyl (C=O) groups is 4. The predicted octanol–water partition coefficient (Wildman–Crippen LogP) is 5.39. The largest absolute Gasteiger partial charge is 0.488 e. The molecule has 1 aromatic heterocycles. The van der Waals surface area contributed by atoms with Gasteiger partial charge in [0.15, 0.2) is 0 Å². The number of benzene rings is 2. The minimum atomic E-state index is -0.611. The fourth-order valence-electron chi connectivity index (χ4n) is 7.16. The highest BCUT2D eigenvalue weighted by Crippen LogP contribution is 2.43. The van der Waals surface area contributed by atoms with E-state index in [9.17, 15) is 19.2 Å². The quantitative estimate of drug-likeness (QED) is 0.338. The molecule has 3 aromatic rings. The van der Waals surface area contributed by atoms with E-state index in [-0.39, 0.29) is 42.2 Å². The summed E-state index contributed by atoms with van der Waals surface area (Å²) in [5, 5.41) is 0.567. The number of ether oxygens (including phenoxy) is 1. The Morgan fingerprint density at radius 3 is 2.43 bits per heavy atom. The first-order valence-corrected chi connectivity index (χ1v) is 16.6. The molecule has 44 heavy (non-hydrogen) atoms. The van der Waals surface area contributed by atoms with Crippen molar-refractivity contribution in [1.29, 1.82) is 0 Å². The lowest BCUT2D eigenvalue weighted by atomic mass is 9.85. The van der Waals surface area contributed by atoms with Crippen molar-refractivity contribution in [2.75, 3.05) is 26.2 Å². The van der Waals surface area contributed by atoms with Crippen LogP contribution in [0, 0.1) is 5.92 Å². The van der Waals surface area contributed by atoms with Crippen LogP contribution in [0.1, 0.15) is 86.1 Å². The maximum atomic E-state index is 14.1. The topological polar surface area (TPSA) is 100 Å². The Labute approximate surface area is 264 Å². The van der Waals surface area contributed by atoms with Crippen LogP contribution in [0.2, 0.25) is 5.02 Å². The second-order valence-corrected chi connectivity index (χ2v) is 13.3. The van der Waals surface area contributed by atoms with Gasteiger partial charge in [-0.2, -0.15) is 0 Å². The van der Waals surface area contributed by atoms with E-state index in [2.05, 4.69) is 4.98 Å². The monoisotopic (exact) mass is 632 g/mol. The smallest absolute Gasteiger partial charge is 0.265 e. The number of imide groups is 1. The molecule has 0 unspecified atom stereocenters. The molecule has 4 amide bonds. The molecule has 0 radical (unpaired) electrons. The first-order chi connectivity index (χ1) is 21.4. The third kappa shape index (κ3) is 5.17. The average Bonchev–Trinajstić information content (AvgIpc) is 3.81. The van der Waals surface area contributed by atoms with Crippen molar-refractivity contribution < 1.29 is 23.9 Å². The highest BCUT2D eigenvalue weighted by atomic mass is 35.5. The number of rotatable bonds is 6. The van der Waals surface area contributed by atoms with Crippen LogP contribution in [0.25, 0.3) is 0 Å². The lowest BCUT2D eigenvalue weighted by Gasteiger charge is -2.42. The van der Waals surface area contributed by atoms with E-state index in [1.807, 2.05) is 17.0 Å². The summed E-state index contributed by atoms with van der Waals surface area (Å²) in [6.45, 7) is 1.43. The van der Waals surface area contributed by atoms with Crippen molar-refractivity contribution >= 4 is 46.6 Å². The van der Waals surface area contributed by atoms with Crippen LogP contribution in [0.3, 0.4) is 0 Å². The molecular weight excluding hydrogens is 600 g/mol. The van der Waals surface area contributed by atoms with Gasteiger partial charge >= 0.3 is 0 Å². The van der Waals surface area contributed by atoms with Gasteiger partial charge < -0.3 is 14.5 Å². The normalized spacial score (nSPS) is 21.9. The second kappa shape index (κ2) is 12.0. The van der Waals surface area contributed by atoms with Crippen LogP contribution in [-0.2, 0) is 11.2 Å². The fraction of sp³-hybridized carbons (Fsp3) is 0.424. The number of halogens is 1. The second-order valence-electron chi connectivity index (χ2n) is 12.0. The first-order valence-electron chi connectivity index (χ1n) is 15.3. The summed E-state index contributed by atoms with van der Waals surface area (Å²) in [7, 11) is 0. The van der Waals surface area contributed by atoms with Gasteiger partial charge in [0, 0.05) is 36.0 Å². The molecule has 1 aliphatic carbocycles. The summed E-state index contributed by atoms with van der Waals surface area (Å²) in [6, 6.07) is 9.85. The standard InChI is InChI=1S/C33H33ClN4O5S/c34-25-10-11-27(43-21-12-14-36(17-21)33(42)28-16-35-19-44-28)29-24(25)13-15-37(30(39)20-6-2-1-3-7-20)26(29)18-38-31(40)22-8-4-5-9-23(22)32(38)41/h4-5,8-11,16,19-21,26H,1-3,6-7,12-15,17-18H2/t21-,26+/m0/s1. The van der Waals surface area contributed by atoms with Gasteiger partial charge in [-0.05, 0) is 49.1 Å². The highest BCUT2D eigenvalue weighted by molar-refractivity contribution is 7.11. The molecule has 4 heterocycles. The number of amides is 4. The Hall–Kier alpha value is -3.76. The summed E-state index contributed by atoms with van der Waals surface area (Å²) in [4.78, 5) is 63.6. The van der Waals surface area contributed by atoms with E-state index in [0.29, 0.717) is 59.3 Å². The van der Waals surface area contributed by atoms with Crippen molar-refractivity contribution in [3.8, 4) is 5.75 Å². The van der Waals surface area contributed by atoms with Crippen molar-refractivity contribution in [3.63, 3.8) is 0 Å².